The summed E-state index contributed by atoms with van der Waals surface area (Å²) >= 11 is 3.40. The summed E-state index contributed by atoms with van der Waals surface area (Å²) in [5.74, 6) is 1.81. The minimum atomic E-state index is 0.421. The fraction of sp³-hybridized carbons (Fsp3) is 0.0909. The van der Waals surface area contributed by atoms with Crippen LogP contribution in [0.4, 0.5) is 17.3 Å². The second-order valence-corrected chi connectivity index (χ2v) is 4.25. The largest absolute Gasteiger partial charge is 0.497 e. The Morgan fingerprint density at radius 2 is 2.06 bits per heavy atom. The van der Waals surface area contributed by atoms with Crippen molar-refractivity contribution in [1.82, 2.24) is 9.97 Å². The van der Waals surface area contributed by atoms with Gasteiger partial charge < -0.3 is 15.8 Å². The lowest BCUT2D eigenvalue weighted by atomic mass is 10.3. The summed E-state index contributed by atoms with van der Waals surface area (Å²) in [6, 6.07) is 7.32. The molecule has 0 radical (unpaired) electrons. The lowest BCUT2D eigenvalue weighted by molar-refractivity contribution is 0.415. The maximum absolute atomic E-state index is 5.57. The fourth-order valence-corrected chi connectivity index (χ4v) is 1.81. The minimum Gasteiger partial charge on any atom is -0.497 e. The van der Waals surface area contributed by atoms with Crippen molar-refractivity contribution < 1.29 is 4.74 Å². The van der Waals surface area contributed by atoms with Crippen molar-refractivity contribution in [1.29, 1.82) is 0 Å². The quantitative estimate of drug-likeness (QED) is 0.910. The van der Waals surface area contributed by atoms with Crippen molar-refractivity contribution >= 4 is 33.3 Å². The molecule has 0 unspecified atom stereocenters. The molecule has 6 heteroatoms. The van der Waals surface area contributed by atoms with Crippen molar-refractivity contribution in [2.45, 2.75) is 0 Å². The van der Waals surface area contributed by atoms with Crippen molar-refractivity contribution in [3.05, 3.63) is 35.1 Å². The number of hydrogen-bond acceptors (Lipinski definition) is 5. The van der Waals surface area contributed by atoms with E-state index in [9.17, 15) is 0 Å². The van der Waals surface area contributed by atoms with E-state index in [4.69, 9.17) is 10.5 Å². The lowest BCUT2D eigenvalue weighted by Crippen LogP contribution is -1.97. The normalized spacial score (nSPS) is 10.0. The zero-order valence-electron chi connectivity index (χ0n) is 9.14. The highest BCUT2D eigenvalue weighted by atomic mass is 79.9. The summed E-state index contributed by atoms with van der Waals surface area (Å²) in [6.07, 6.45) is 1.41. The summed E-state index contributed by atoms with van der Waals surface area (Å²) < 4.78 is 6.09. The topological polar surface area (TPSA) is 73.1 Å². The molecule has 0 aliphatic rings. The first-order chi connectivity index (χ1) is 8.17. The van der Waals surface area contributed by atoms with Crippen LogP contribution in [0, 0.1) is 0 Å². The van der Waals surface area contributed by atoms with E-state index >= 15 is 0 Å². The van der Waals surface area contributed by atoms with Gasteiger partial charge in [0.25, 0.3) is 0 Å². The highest BCUT2D eigenvalue weighted by Gasteiger charge is 2.01. The third-order valence-electron chi connectivity index (χ3n) is 2.07. The maximum Gasteiger partial charge on any atom is 0.135 e. The van der Waals surface area contributed by atoms with E-state index in [0.29, 0.717) is 11.6 Å². The molecule has 0 bridgehead atoms. The predicted octanol–water partition coefficient (Wildman–Crippen LogP) is 2.57. The molecule has 17 heavy (non-hydrogen) atoms. The summed E-state index contributed by atoms with van der Waals surface area (Å²) in [5.41, 5.74) is 6.43. The average Bonchev–Trinajstić information content (AvgIpc) is 2.28. The van der Waals surface area contributed by atoms with Gasteiger partial charge in [0.05, 0.1) is 7.11 Å². The van der Waals surface area contributed by atoms with Crippen molar-refractivity contribution in [2.75, 3.05) is 18.2 Å². The second-order valence-electron chi connectivity index (χ2n) is 3.33. The van der Waals surface area contributed by atoms with E-state index in [0.717, 1.165) is 15.9 Å². The molecule has 5 nitrogen and oxygen atoms in total. The first kappa shape index (κ1) is 11.7. The van der Waals surface area contributed by atoms with Gasteiger partial charge in [-0.25, -0.2) is 9.97 Å². The Balaban J connectivity index is 2.26. The van der Waals surface area contributed by atoms with Crippen LogP contribution in [-0.2, 0) is 0 Å². The van der Waals surface area contributed by atoms with Crippen LogP contribution in [0.2, 0.25) is 0 Å². The molecule has 2 aromatic rings. The Morgan fingerprint density at radius 1 is 1.24 bits per heavy atom. The third kappa shape index (κ3) is 3.07. The molecule has 3 N–H and O–H groups in total. The van der Waals surface area contributed by atoms with Crippen LogP contribution in [0.3, 0.4) is 0 Å². The molecule has 1 aromatic carbocycles. The van der Waals surface area contributed by atoms with Crippen molar-refractivity contribution in [3.63, 3.8) is 0 Å². The average molecular weight is 295 g/mol. The van der Waals surface area contributed by atoms with E-state index < -0.39 is 0 Å². The molecule has 0 spiro atoms. The van der Waals surface area contributed by atoms with E-state index in [-0.39, 0.29) is 0 Å². The van der Waals surface area contributed by atoms with Crippen LogP contribution in [-0.4, -0.2) is 17.1 Å². The van der Waals surface area contributed by atoms with E-state index in [2.05, 4.69) is 31.2 Å². The number of ether oxygens (including phenoxy) is 1. The van der Waals surface area contributed by atoms with Gasteiger partial charge in [-0.3, -0.25) is 0 Å². The number of hydrogen-bond donors (Lipinski definition) is 2. The second kappa shape index (κ2) is 5.01. The van der Waals surface area contributed by atoms with Crippen LogP contribution in [0.5, 0.6) is 5.75 Å². The number of benzene rings is 1. The number of anilines is 3. The molecular formula is C11H11BrN4O. The third-order valence-corrected chi connectivity index (χ3v) is 2.53. The summed E-state index contributed by atoms with van der Waals surface area (Å²) in [6.45, 7) is 0. The van der Waals surface area contributed by atoms with Crippen molar-refractivity contribution in [2.24, 2.45) is 0 Å². The van der Waals surface area contributed by atoms with Gasteiger partial charge in [0.1, 0.15) is 23.7 Å². The van der Waals surface area contributed by atoms with Gasteiger partial charge in [0.15, 0.2) is 0 Å². The molecule has 1 aromatic heterocycles. The number of nitrogens with two attached hydrogens (primary N) is 1. The molecular weight excluding hydrogens is 284 g/mol. The Kier molecular flexibility index (Phi) is 3.43. The van der Waals surface area contributed by atoms with E-state index in [1.165, 1.54) is 6.33 Å². The van der Waals surface area contributed by atoms with Crippen LogP contribution < -0.4 is 15.8 Å². The van der Waals surface area contributed by atoms with E-state index in [1.54, 1.807) is 13.2 Å². The summed E-state index contributed by atoms with van der Waals surface area (Å²) in [5, 5.41) is 3.12. The Morgan fingerprint density at radius 3 is 2.76 bits per heavy atom. The zero-order chi connectivity index (χ0) is 12.3. The zero-order valence-corrected chi connectivity index (χ0v) is 10.7. The monoisotopic (exact) mass is 294 g/mol. The summed E-state index contributed by atoms with van der Waals surface area (Å²) in [7, 11) is 1.62. The smallest absolute Gasteiger partial charge is 0.135 e. The molecule has 0 fully saturated rings. The Labute approximate surface area is 107 Å². The van der Waals surface area contributed by atoms with Crippen LogP contribution in [0.25, 0.3) is 0 Å². The Bertz CT molecular complexity index is 533. The molecule has 0 amide bonds. The minimum absolute atomic E-state index is 0.421. The molecule has 0 aliphatic carbocycles. The predicted molar refractivity (Wildman–Crippen MR) is 70.4 cm³/mol. The number of halogens is 1. The van der Waals surface area contributed by atoms with Gasteiger partial charge in [-0.15, -0.1) is 0 Å². The van der Waals surface area contributed by atoms with Gasteiger partial charge in [-0.1, -0.05) is 15.9 Å². The number of nitrogens with zero attached hydrogens (tertiary/aromatic N) is 2. The highest BCUT2D eigenvalue weighted by molar-refractivity contribution is 9.10. The van der Waals surface area contributed by atoms with Crippen LogP contribution in [0.15, 0.2) is 35.1 Å². The van der Waals surface area contributed by atoms with Gasteiger partial charge >= 0.3 is 0 Å². The molecule has 0 atom stereocenters. The summed E-state index contributed by atoms with van der Waals surface area (Å²) in [4.78, 5) is 7.89. The molecule has 2 rings (SSSR count). The molecule has 88 valence electrons. The SMILES string of the molecule is COc1cc(Br)cc(Nc2cc(N)ncn2)c1. The highest BCUT2D eigenvalue weighted by Crippen LogP contribution is 2.26. The van der Waals surface area contributed by atoms with Gasteiger partial charge in [0.2, 0.25) is 0 Å². The van der Waals surface area contributed by atoms with Crippen LogP contribution in [0.1, 0.15) is 0 Å². The number of rotatable bonds is 3. The first-order valence-corrected chi connectivity index (χ1v) is 5.66. The number of aromatic nitrogens is 2. The van der Waals surface area contributed by atoms with Crippen molar-refractivity contribution in [3.8, 4) is 5.75 Å². The molecule has 1 heterocycles. The lowest BCUT2D eigenvalue weighted by Gasteiger charge is -2.08. The van der Waals surface area contributed by atoms with Gasteiger partial charge in [-0.05, 0) is 12.1 Å². The molecule has 0 saturated heterocycles. The Hall–Kier alpha value is -1.82. The van der Waals surface area contributed by atoms with Gasteiger partial charge in [-0.2, -0.15) is 0 Å². The maximum atomic E-state index is 5.57. The van der Waals surface area contributed by atoms with Gasteiger partial charge in [0, 0.05) is 22.3 Å². The number of nitrogen functional groups attached to an aromatic ring is 1. The first-order valence-electron chi connectivity index (χ1n) is 4.86. The number of methoxy groups -OCH3 is 1. The number of nitrogens with one attached hydrogen (secondary N) is 1. The standard InChI is InChI=1S/C11H11BrN4O/c1-17-9-3-7(12)2-8(4-9)16-11-5-10(13)14-6-15-11/h2-6H,1H3,(H3,13,14,15,16). The molecule has 0 saturated carbocycles. The van der Waals surface area contributed by atoms with E-state index in [1.807, 2.05) is 18.2 Å². The van der Waals surface area contributed by atoms with Crippen LogP contribution >= 0.6 is 15.9 Å². The molecule has 0 aliphatic heterocycles. The fourth-order valence-electron chi connectivity index (χ4n) is 1.34.